The van der Waals surface area contributed by atoms with E-state index in [2.05, 4.69) is 10.5 Å². The van der Waals surface area contributed by atoms with E-state index in [1.165, 1.54) is 36.5 Å². The molecule has 2 N–H and O–H groups in total. The molecular formula is C20H16N4O5. The average molecular weight is 392 g/mol. The molecule has 2 aromatic carbocycles. The topological polar surface area (TPSA) is 127 Å². The van der Waals surface area contributed by atoms with Gasteiger partial charge in [0.25, 0.3) is 5.69 Å². The van der Waals surface area contributed by atoms with Gasteiger partial charge in [0.15, 0.2) is 0 Å². The zero-order valence-corrected chi connectivity index (χ0v) is 15.1. The molecule has 146 valence electrons. The smallest absolute Gasteiger partial charge is 0.335 e. The van der Waals surface area contributed by atoms with Gasteiger partial charge < -0.3 is 9.67 Å². The first-order valence-corrected chi connectivity index (χ1v) is 8.51. The number of aromatic carboxylic acids is 1. The minimum Gasteiger partial charge on any atom is -0.478 e. The van der Waals surface area contributed by atoms with Gasteiger partial charge in [-0.05, 0) is 30.3 Å². The molecule has 0 aliphatic heterocycles. The van der Waals surface area contributed by atoms with Crippen molar-refractivity contribution in [2.45, 2.75) is 6.42 Å². The largest absolute Gasteiger partial charge is 0.478 e. The molecule has 0 radical (unpaired) electrons. The van der Waals surface area contributed by atoms with Crippen molar-refractivity contribution in [2.24, 2.45) is 5.10 Å². The lowest BCUT2D eigenvalue weighted by Crippen LogP contribution is -2.20. The van der Waals surface area contributed by atoms with E-state index in [1.807, 2.05) is 0 Å². The zero-order valence-electron chi connectivity index (χ0n) is 15.1. The van der Waals surface area contributed by atoms with Crippen molar-refractivity contribution in [3.63, 3.8) is 0 Å². The summed E-state index contributed by atoms with van der Waals surface area (Å²) in [6, 6.07) is 15.9. The predicted octanol–water partition coefficient (Wildman–Crippen LogP) is 2.78. The zero-order chi connectivity index (χ0) is 20.8. The molecule has 1 heterocycles. The quantitative estimate of drug-likeness (QED) is 0.363. The Morgan fingerprint density at radius 3 is 2.69 bits per heavy atom. The fourth-order valence-corrected chi connectivity index (χ4v) is 2.74. The SMILES string of the molecule is O=C(Cc1ccccc1[N+](=O)[O-])NN=Cc1cccn1-c1cccc(C(=O)O)c1. The van der Waals surface area contributed by atoms with Crippen molar-refractivity contribution in [3.8, 4) is 5.69 Å². The van der Waals surface area contributed by atoms with Crippen molar-refractivity contribution in [3.05, 3.63) is 93.8 Å². The lowest BCUT2D eigenvalue weighted by Gasteiger charge is -2.07. The molecule has 1 amide bonds. The van der Waals surface area contributed by atoms with Crippen LogP contribution in [0.2, 0.25) is 0 Å². The van der Waals surface area contributed by atoms with E-state index in [-0.39, 0.29) is 17.7 Å². The van der Waals surface area contributed by atoms with Crippen LogP contribution in [0.5, 0.6) is 0 Å². The number of nitrogens with zero attached hydrogens (tertiary/aromatic N) is 3. The number of aromatic nitrogens is 1. The lowest BCUT2D eigenvalue weighted by atomic mass is 10.1. The Hall–Kier alpha value is -4.27. The number of carbonyl (C=O) groups excluding carboxylic acids is 1. The normalized spacial score (nSPS) is 10.8. The van der Waals surface area contributed by atoms with Crippen LogP contribution in [0.1, 0.15) is 21.6 Å². The third-order valence-corrected chi connectivity index (χ3v) is 4.08. The van der Waals surface area contributed by atoms with Crippen LogP contribution in [0, 0.1) is 10.1 Å². The van der Waals surface area contributed by atoms with Crippen LogP contribution in [0.3, 0.4) is 0 Å². The molecule has 3 aromatic rings. The third-order valence-electron chi connectivity index (χ3n) is 4.08. The van der Waals surface area contributed by atoms with Crippen molar-refractivity contribution >= 4 is 23.8 Å². The molecule has 9 nitrogen and oxygen atoms in total. The van der Waals surface area contributed by atoms with Crippen molar-refractivity contribution in [1.82, 2.24) is 9.99 Å². The van der Waals surface area contributed by atoms with Gasteiger partial charge in [-0.2, -0.15) is 5.10 Å². The molecule has 3 rings (SSSR count). The summed E-state index contributed by atoms with van der Waals surface area (Å²) in [7, 11) is 0. The number of benzene rings is 2. The van der Waals surface area contributed by atoms with Crippen molar-refractivity contribution in [1.29, 1.82) is 0 Å². The number of hydrogen-bond acceptors (Lipinski definition) is 5. The molecule has 1 aromatic heterocycles. The number of carbonyl (C=O) groups is 2. The predicted molar refractivity (Wildman–Crippen MR) is 105 cm³/mol. The van der Waals surface area contributed by atoms with Crippen molar-refractivity contribution < 1.29 is 19.6 Å². The molecule has 0 saturated carbocycles. The lowest BCUT2D eigenvalue weighted by molar-refractivity contribution is -0.385. The molecule has 29 heavy (non-hydrogen) atoms. The van der Waals surface area contributed by atoms with Gasteiger partial charge in [-0.25, -0.2) is 10.2 Å². The van der Waals surface area contributed by atoms with E-state index in [0.29, 0.717) is 16.9 Å². The van der Waals surface area contributed by atoms with Crippen LogP contribution in [0.25, 0.3) is 5.69 Å². The summed E-state index contributed by atoms with van der Waals surface area (Å²) in [5.74, 6) is -1.53. The molecule has 0 spiro atoms. The van der Waals surface area contributed by atoms with E-state index in [1.54, 1.807) is 41.1 Å². The monoisotopic (exact) mass is 392 g/mol. The van der Waals surface area contributed by atoms with E-state index in [4.69, 9.17) is 5.11 Å². The molecular weight excluding hydrogens is 376 g/mol. The maximum Gasteiger partial charge on any atom is 0.335 e. The first-order chi connectivity index (χ1) is 14.0. The van der Waals surface area contributed by atoms with Crippen LogP contribution in [-0.4, -0.2) is 32.7 Å². The summed E-state index contributed by atoms with van der Waals surface area (Å²) in [4.78, 5) is 33.7. The van der Waals surface area contributed by atoms with Gasteiger partial charge in [-0.15, -0.1) is 0 Å². The Balaban J connectivity index is 1.70. The number of nitro groups is 1. The molecule has 0 bridgehead atoms. The summed E-state index contributed by atoms with van der Waals surface area (Å²) in [6.07, 6.45) is 2.96. The number of hydrogen-bond donors (Lipinski definition) is 2. The Morgan fingerprint density at radius 2 is 1.93 bits per heavy atom. The Morgan fingerprint density at radius 1 is 1.14 bits per heavy atom. The number of hydrazone groups is 1. The fourth-order valence-electron chi connectivity index (χ4n) is 2.74. The van der Waals surface area contributed by atoms with Crippen LogP contribution in [0.15, 0.2) is 72.0 Å². The van der Waals surface area contributed by atoms with Gasteiger partial charge in [0.1, 0.15) is 0 Å². The highest BCUT2D eigenvalue weighted by atomic mass is 16.6. The van der Waals surface area contributed by atoms with E-state index in [9.17, 15) is 19.7 Å². The van der Waals surface area contributed by atoms with Gasteiger partial charge in [-0.1, -0.05) is 24.3 Å². The summed E-state index contributed by atoms with van der Waals surface area (Å²) in [5.41, 5.74) is 3.90. The minimum atomic E-state index is -1.03. The maximum atomic E-state index is 12.1. The van der Waals surface area contributed by atoms with Gasteiger partial charge in [0.2, 0.25) is 5.91 Å². The molecule has 0 atom stereocenters. The number of rotatable bonds is 7. The van der Waals surface area contributed by atoms with Gasteiger partial charge in [0.05, 0.1) is 28.8 Å². The summed E-state index contributed by atoms with van der Waals surface area (Å²) >= 11 is 0. The Labute approximate surface area is 165 Å². The summed E-state index contributed by atoms with van der Waals surface area (Å²) < 4.78 is 1.71. The fraction of sp³-hybridized carbons (Fsp3) is 0.0500. The maximum absolute atomic E-state index is 12.1. The second-order valence-electron chi connectivity index (χ2n) is 6.01. The number of carboxylic acid groups (broad SMARTS) is 1. The first kappa shape index (κ1) is 19.5. The van der Waals surface area contributed by atoms with Crippen molar-refractivity contribution in [2.75, 3.05) is 0 Å². The molecule has 0 aliphatic rings. The van der Waals surface area contributed by atoms with E-state index in [0.717, 1.165) is 0 Å². The van der Waals surface area contributed by atoms with E-state index < -0.39 is 16.8 Å². The Bertz CT molecular complexity index is 1100. The molecule has 9 heteroatoms. The van der Waals surface area contributed by atoms with Crippen LogP contribution in [0.4, 0.5) is 5.69 Å². The molecule has 0 fully saturated rings. The van der Waals surface area contributed by atoms with E-state index >= 15 is 0 Å². The minimum absolute atomic E-state index is 0.126. The third kappa shape index (κ3) is 4.72. The second kappa shape index (κ2) is 8.61. The molecule has 0 unspecified atom stereocenters. The molecule has 0 saturated heterocycles. The summed E-state index contributed by atoms with van der Waals surface area (Å²) in [6.45, 7) is 0. The Kier molecular flexibility index (Phi) is 5.79. The number of nitrogens with one attached hydrogen (secondary N) is 1. The van der Waals surface area contributed by atoms with Gasteiger partial charge in [0, 0.05) is 23.5 Å². The second-order valence-corrected chi connectivity index (χ2v) is 6.01. The average Bonchev–Trinajstić information content (AvgIpc) is 3.17. The summed E-state index contributed by atoms with van der Waals surface area (Å²) in [5, 5.41) is 24.0. The number of para-hydroxylation sites is 1. The molecule has 0 aliphatic carbocycles. The highest BCUT2D eigenvalue weighted by Crippen LogP contribution is 2.18. The first-order valence-electron chi connectivity index (χ1n) is 8.51. The standard InChI is InChI=1S/C20H16N4O5/c25-19(12-14-5-1-2-9-18(14)24(28)29)22-21-13-17-8-4-10-23(17)16-7-3-6-15(11-16)20(26)27/h1-11,13H,12H2,(H,22,25)(H,26,27). The number of amides is 1. The number of carboxylic acids is 1. The van der Waals surface area contributed by atoms with Gasteiger partial charge >= 0.3 is 5.97 Å². The van der Waals surface area contributed by atoms with Crippen LogP contribution < -0.4 is 5.43 Å². The van der Waals surface area contributed by atoms with Crippen LogP contribution >= 0.6 is 0 Å². The van der Waals surface area contributed by atoms with Gasteiger partial charge in [-0.3, -0.25) is 14.9 Å². The van der Waals surface area contributed by atoms with Crippen LogP contribution in [-0.2, 0) is 11.2 Å². The highest BCUT2D eigenvalue weighted by molar-refractivity contribution is 5.88. The highest BCUT2D eigenvalue weighted by Gasteiger charge is 2.15. The number of nitro benzene ring substituents is 1.